The molecule has 2 heterocycles. The molecule has 1 aliphatic heterocycles. The number of rotatable bonds is 5. The molecule has 5 nitrogen and oxygen atoms in total. The Morgan fingerprint density at radius 2 is 2.00 bits per heavy atom. The molecule has 2 N–H and O–H groups in total. The molecule has 0 spiro atoms. The van der Waals surface area contributed by atoms with Crippen molar-refractivity contribution in [3.05, 3.63) is 54.1 Å². The van der Waals surface area contributed by atoms with Gasteiger partial charge < -0.3 is 10.6 Å². The van der Waals surface area contributed by atoms with Gasteiger partial charge in [0.2, 0.25) is 5.91 Å². The van der Waals surface area contributed by atoms with Gasteiger partial charge in [0.05, 0.1) is 0 Å². The van der Waals surface area contributed by atoms with Crippen LogP contribution in [-0.4, -0.2) is 35.3 Å². The van der Waals surface area contributed by atoms with Crippen molar-refractivity contribution < 1.29 is 9.18 Å². The summed E-state index contributed by atoms with van der Waals surface area (Å²) in [4.78, 5) is 13.1. The zero-order valence-electron chi connectivity index (χ0n) is 14.8. The minimum absolute atomic E-state index is 0.00659. The second-order valence-corrected chi connectivity index (χ2v) is 7.31. The van der Waals surface area contributed by atoms with E-state index < -0.39 is 5.54 Å². The minimum atomic E-state index is -0.645. The fraction of sp³-hybridized carbons (Fsp3) is 0.474. The molecule has 134 valence electrons. The van der Waals surface area contributed by atoms with Crippen LogP contribution in [0.4, 0.5) is 4.39 Å². The average Bonchev–Trinajstić information content (AvgIpc) is 3.16. The third-order valence-corrected chi connectivity index (χ3v) is 5.11. The monoisotopic (exact) mass is 344 g/mol. The Kier molecular flexibility index (Phi) is 4.90. The van der Waals surface area contributed by atoms with Gasteiger partial charge in [0.25, 0.3) is 0 Å². The van der Waals surface area contributed by atoms with Gasteiger partial charge in [0.15, 0.2) is 0 Å². The van der Waals surface area contributed by atoms with E-state index in [1.54, 1.807) is 23.0 Å². The van der Waals surface area contributed by atoms with Crippen LogP contribution in [0.2, 0.25) is 0 Å². The van der Waals surface area contributed by atoms with Gasteiger partial charge in [-0.3, -0.25) is 9.48 Å². The Hall–Kier alpha value is -2.21. The lowest BCUT2D eigenvalue weighted by Gasteiger charge is -2.37. The second kappa shape index (κ2) is 6.96. The lowest BCUT2D eigenvalue weighted by atomic mass is 9.83. The van der Waals surface area contributed by atoms with Crippen LogP contribution in [0.25, 0.3) is 0 Å². The molecule has 3 rings (SSSR count). The summed E-state index contributed by atoms with van der Waals surface area (Å²) >= 11 is 0. The Labute approximate surface area is 147 Å². The first kappa shape index (κ1) is 17.6. The zero-order chi connectivity index (χ0) is 17.9. The molecule has 1 aromatic carbocycles. The van der Waals surface area contributed by atoms with Gasteiger partial charge in [-0.2, -0.15) is 5.10 Å². The highest BCUT2D eigenvalue weighted by molar-refractivity contribution is 5.84. The number of hydrogen-bond donors (Lipinski definition) is 2. The van der Waals surface area contributed by atoms with E-state index in [1.165, 1.54) is 12.1 Å². The highest BCUT2D eigenvalue weighted by Gasteiger charge is 2.42. The second-order valence-electron chi connectivity index (χ2n) is 7.31. The third-order valence-electron chi connectivity index (χ3n) is 5.11. The van der Waals surface area contributed by atoms with Crippen molar-refractivity contribution in [1.82, 2.24) is 20.4 Å². The van der Waals surface area contributed by atoms with Gasteiger partial charge in [0.1, 0.15) is 11.4 Å². The number of nitrogens with one attached hydrogen (secondary N) is 2. The van der Waals surface area contributed by atoms with Gasteiger partial charge in [-0.1, -0.05) is 26.0 Å². The fourth-order valence-corrected chi connectivity index (χ4v) is 3.39. The average molecular weight is 344 g/mol. The highest BCUT2D eigenvalue weighted by Crippen LogP contribution is 2.28. The first-order chi connectivity index (χ1) is 11.9. The van der Waals surface area contributed by atoms with Gasteiger partial charge >= 0.3 is 0 Å². The van der Waals surface area contributed by atoms with Gasteiger partial charge in [-0.25, -0.2) is 4.39 Å². The van der Waals surface area contributed by atoms with Crippen molar-refractivity contribution in [2.45, 2.75) is 37.6 Å². The maximum atomic E-state index is 13.2. The van der Waals surface area contributed by atoms with E-state index in [-0.39, 0.29) is 17.1 Å². The standard InChI is InChI=1S/C19H25FN4O/c1-18(2,15-4-6-16(20)7-5-15)14-22-17(25)19(8-11-21-12-9-19)24-13-3-10-23-24/h3-7,10,13,21H,8-9,11-12,14H2,1-2H3,(H,22,25). The Morgan fingerprint density at radius 1 is 1.32 bits per heavy atom. The van der Waals surface area contributed by atoms with Crippen LogP contribution in [0.5, 0.6) is 0 Å². The van der Waals surface area contributed by atoms with E-state index in [4.69, 9.17) is 0 Å². The summed E-state index contributed by atoms with van der Waals surface area (Å²) < 4.78 is 14.9. The van der Waals surface area contributed by atoms with Crippen molar-refractivity contribution in [3.8, 4) is 0 Å². The van der Waals surface area contributed by atoms with E-state index in [0.29, 0.717) is 19.4 Å². The zero-order valence-corrected chi connectivity index (χ0v) is 14.8. The maximum Gasteiger partial charge on any atom is 0.248 e. The molecule has 0 saturated carbocycles. The molecule has 0 aliphatic carbocycles. The number of piperidine rings is 1. The quantitative estimate of drug-likeness (QED) is 0.874. The summed E-state index contributed by atoms with van der Waals surface area (Å²) in [7, 11) is 0. The van der Waals surface area contributed by atoms with Crippen molar-refractivity contribution in [2.24, 2.45) is 0 Å². The first-order valence-electron chi connectivity index (χ1n) is 8.69. The lowest BCUT2D eigenvalue weighted by Crippen LogP contribution is -2.56. The van der Waals surface area contributed by atoms with Crippen molar-refractivity contribution in [1.29, 1.82) is 0 Å². The van der Waals surface area contributed by atoms with Crippen LogP contribution in [0, 0.1) is 5.82 Å². The molecule has 1 fully saturated rings. The highest BCUT2D eigenvalue weighted by atomic mass is 19.1. The van der Waals surface area contributed by atoms with Gasteiger partial charge in [-0.15, -0.1) is 0 Å². The number of aromatic nitrogens is 2. The van der Waals surface area contributed by atoms with E-state index >= 15 is 0 Å². The molecular formula is C19H25FN4O. The Bertz CT molecular complexity index is 704. The maximum absolute atomic E-state index is 13.2. The molecule has 1 saturated heterocycles. The fourth-order valence-electron chi connectivity index (χ4n) is 3.39. The number of benzene rings is 1. The van der Waals surface area contributed by atoms with Crippen LogP contribution in [0.15, 0.2) is 42.7 Å². The molecule has 0 bridgehead atoms. The van der Waals surface area contributed by atoms with Crippen LogP contribution in [0.1, 0.15) is 32.3 Å². The van der Waals surface area contributed by atoms with Gasteiger partial charge in [-0.05, 0) is 49.7 Å². The van der Waals surface area contributed by atoms with Crippen molar-refractivity contribution in [2.75, 3.05) is 19.6 Å². The van der Waals surface area contributed by atoms with E-state index in [2.05, 4.69) is 15.7 Å². The van der Waals surface area contributed by atoms with E-state index in [9.17, 15) is 9.18 Å². The van der Waals surface area contributed by atoms with Crippen LogP contribution in [-0.2, 0) is 15.7 Å². The largest absolute Gasteiger partial charge is 0.353 e. The number of amides is 1. The number of carbonyl (C=O) groups is 1. The number of hydrogen-bond acceptors (Lipinski definition) is 3. The van der Waals surface area contributed by atoms with E-state index in [0.717, 1.165) is 18.7 Å². The third kappa shape index (κ3) is 3.58. The van der Waals surface area contributed by atoms with Crippen LogP contribution in [0.3, 0.4) is 0 Å². The van der Waals surface area contributed by atoms with Gasteiger partial charge in [0, 0.05) is 24.4 Å². The summed E-state index contributed by atoms with van der Waals surface area (Å²) in [6.07, 6.45) is 4.98. The number of nitrogens with zero attached hydrogens (tertiary/aromatic N) is 2. The summed E-state index contributed by atoms with van der Waals surface area (Å²) in [6.45, 7) is 6.14. The number of carbonyl (C=O) groups excluding carboxylic acids is 1. The summed E-state index contributed by atoms with van der Waals surface area (Å²) in [5, 5.41) is 10.7. The summed E-state index contributed by atoms with van der Waals surface area (Å²) in [5.41, 5.74) is 0.0579. The van der Waals surface area contributed by atoms with Crippen LogP contribution >= 0.6 is 0 Å². The topological polar surface area (TPSA) is 59.0 Å². The van der Waals surface area contributed by atoms with Crippen molar-refractivity contribution >= 4 is 5.91 Å². The molecule has 6 heteroatoms. The molecule has 2 aromatic rings. The molecular weight excluding hydrogens is 319 g/mol. The molecule has 0 unspecified atom stereocenters. The number of halogens is 1. The SMILES string of the molecule is CC(C)(CNC(=O)C1(n2cccn2)CCNCC1)c1ccc(F)cc1. The predicted octanol–water partition coefficient (Wildman–Crippen LogP) is 2.19. The Morgan fingerprint density at radius 3 is 2.60 bits per heavy atom. The lowest BCUT2D eigenvalue weighted by molar-refractivity contribution is -0.132. The molecule has 0 radical (unpaired) electrons. The van der Waals surface area contributed by atoms with Crippen molar-refractivity contribution in [3.63, 3.8) is 0 Å². The molecule has 1 aromatic heterocycles. The Balaban J connectivity index is 1.74. The molecule has 0 atom stereocenters. The minimum Gasteiger partial charge on any atom is -0.353 e. The molecule has 25 heavy (non-hydrogen) atoms. The predicted molar refractivity (Wildman–Crippen MR) is 94.7 cm³/mol. The summed E-state index contributed by atoms with van der Waals surface area (Å²) in [6, 6.07) is 8.30. The molecule has 1 amide bonds. The van der Waals surface area contributed by atoms with Crippen LogP contribution < -0.4 is 10.6 Å². The van der Waals surface area contributed by atoms with E-state index in [1.807, 2.05) is 26.1 Å². The summed E-state index contributed by atoms with van der Waals surface area (Å²) in [5.74, 6) is -0.260. The molecule has 1 aliphatic rings. The normalized spacial score (nSPS) is 17.2. The smallest absolute Gasteiger partial charge is 0.248 e. The first-order valence-corrected chi connectivity index (χ1v) is 8.69.